The van der Waals surface area contributed by atoms with Crippen molar-refractivity contribution in [3.63, 3.8) is 0 Å². The van der Waals surface area contributed by atoms with Gasteiger partial charge >= 0.3 is 11.9 Å². The molecule has 0 spiro atoms. The van der Waals surface area contributed by atoms with Gasteiger partial charge in [-0.1, -0.05) is 36.4 Å². The quantitative estimate of drug-likeness (QED) is 0.712. The van der Waals surface area contributed by atoms with Gasteiger partial charge in [0.1, 0.15) is 0 Å². The van der Waals surface area contributed by atoms with Crippen LogP contribution in [0.3, 0.4) is 0 Å². The van der Waals surface area contributed by atoms with E-state index >= 15 is 0 Å². The smallest absolute Gasteiger partial charge is 0.328 e. The third-order valence-electron chi connectivity index (χ3n) is 3.95. The fraction of sp³-hybridized carbons (Fsp3) is 0.300. The van der Waals surface area contributed by atoms with Crippen LogP contribution in [0, 0.1) is 0 Å². The first kappa shape index (κ1) is 19.6. The molecule has 138 valence electrons. The summed E-state index contributed by atoms with van der Waals surface area (Å²) in [5.41, 5.74) is 1.27. The van der Waals surface area contributed by atoms with Crippen LogP contribution >= 0.6 is 0 Å². The van der Waals surface area contributed by atoms with Gasteiger partial charge in [0.15, 0.2) is 0 Å². The fourth-order valence-electron chi connectivity index (χ4n) is 2.65. The molecule has 2 aromatic carbocycles. The molecule has 1 aliphatic rings. The van der Waals surface area contributed by atoms with Crippen molar-refractivity contribution in [2.24, 2.45) is 0 Å². The van der Waals surface area contributed by atoms with Crippen LogP contribution in [-0.4, -0.2) is 41.3 Å². The monoisotopic (exact) mass is 357 g/mol. The number of carboxylic acids is 2. The Morgan fingerprint density at radius 2 is 1.62 bits per heavy atom. The average Bonchev–Trinajstić information content (AvgIpc) is 2.66. The zero-order valence-corrected chi connectivity index (χ0v) is 14.4. The molecule has 0 atom stereocenters. The van der Waals surface area contributed by atoms with E-state index in [9.17, 15) is 9.59 Å². The van der Waals surface area contributed by atoms with Crippen LogP contribution in [0.2, 0.25) is 0 Å². The highest BCUT2D eigenvalue weighted by atomic mass is 16.5. The summed E-state index contributed by atoms with van der Waals surface area (Å²) < 4.78 is 5.98. The minimum Gasteiger partial charge on any atom is -0.478 e. The number of nitrogens with one attached hydrogen (secondary N) is 1. The Labute approximate surface area is 152 Å². The maximum atomic E-state index is 9.55. The normalized spacial score (nSPS) is 14.8. The molecule has 0 unspecified atom stereocenters. The first-order chi connectivity index (χ1) is 12.5. The van der Waals surface area contributed by atoms with Crippen LogP contribution < -0.4 is 5.32 Å². The number of carboxylic acid groups (broad SMARTS) is 2. The van der Waals surface area contributed by atoms with Crippen LogP contribution in [0.5, 0.6) is 0 Å². The van der Waals surface area contributed by atoms with Gasteiger partial charge in [-0.15, -0.1) is 0 Å². The average molecular weight is 357 g/mol. The molecule has 2 aromatic rings. The van der Waals surface area contributed by atoms with E-state index in [1.807, 2.05) is 0 Å². The van der Waals surface area contributed by atoms with E-state index in [0.29, 0.717) is 18.3 Å². The minimum absolute atomic E-state index is 0.428. The molecule has 3 N–H and O–H groups in total. The molecule has 1 aliphatic heterocycles. The molecule has 26 heavy (non-hydrogen) atoms. The van der Waals surface area contributed by atoms with Crippen molar-refractivity contribution in [3.05, 3.63) is 60.2 Å². The van der Waals surface area contributed by atoms with E-state index in [1.54, 1.807) is 0 Å². The summed E-state index contributed by atoms with van der Waals surface area (Å²) in [7, 11) is 0. The summed E-state index contributed by atoms with van der Waals surface area (Å²) in [5, 5.41) is 21.6. The SMILES string of the molecule is O=C(O)C=CC(=O)O.c1ccc2cc(COC3CCNCC3)ccc2c1. The van der Waals surface area contributed by atoms with Gasteiger partial charge in [0.05, 0.1) is 12.7 Å². The predicted molar refractivity (Wildman–Crippen MR) is 99.0 cm³/mol. The van der Waals surface area contributed by atoms with Crippen LogP contribution in [0.15, 0.2) is 54.6 Å². The highest BCUT2D eigenvalue weighted by Gasteiger charge is 2.13. The van der Waals surface area contributed by atoms with Gasteiger partial charge in [-0.3, -0.25) is 0 Å². The van der Waals surface area contributed by atoms with E-state index in [1.165, 1.54) is 16.3 Å². The number of benzene rings is 2. The Kier molecular flexibility index (Phi) is 7.79. The van der Waals surface area contributed by atoms with Gasteiger partial charge < -0.3 is 20.3 Å². The molecule has 0 saturated carbocycles. The molecule has 0 aromatic heterocycles. The lowest BCUT2D eigenvalue weighted by Gasteiger charge is -2.23. The van der Waals surface area contributed by atoms with Gasteiger partial charge in [0.25, 0.3) is 0 Å². The Morgan fingerprint density at radius 3 is 2.23 bits per heavy atom. The first-order valence-electron chi connectivity index (χ1n) is 8.48. The van der Waals surface area contributed by atoms with Crippen molar-refractivity contribution >= 4 is 22.7 Å². The van der Waals surface area contributed by atoms with Crippen LogP contribution in [-0.2, 0) is 20.9 Å². The summed E-state index contributed by atoms with van der Waals surface area (Å²) >= 11 is 0. The summed E-state index contributed by atoms with van der Waals surface area (Å²) in [6.45, 7) is 2.90. The first-order valence-corrected chi connectivity index (χ1v) is 8.48. The molecule has 1 saturated heterocycles. The van der Waals surface area contributed by atoms with E-state index in [-0.39, 0.29) is 0 Å². The number of rotatable bonds is 5. The summed E-state index contributed by atoms with van der Waals surface area (Å²) in [6.07, 6.45) is 3.81. The Balaban J connectivity index is 0.000000260. The van der Waals surface area contributed by atoms with Crippen molar-refractivity contribution in [3.8, 4) is 0 Å². The summed E-state index contributed by atoms with van der Waals surface area (Å²) in [4.78, 5) is 19.1. The van der Waals surface area contributed by atoms with Crippen molar-refractivity contribution in [2.45, 2.75) is 25.6 Å². The molecule has 0 amide bonds. The van der Waals surface area contributed by atoms with E-state index in [2.05, 4.69) is 47.8 Å². The summed E-state index contributed by atoms with van der Waals surface area (Å²) in [5.74, 6) is -2.51. The molecular weight excluding hydrogens is 334 g/mol. The maximum absolute atomic E-state index is 9.55. The lowest BCUT2D eigenvalue weighted by molar-refractivity contribution is -0.134. The highest BCUT2D eigenvalue weighted by molar-refractivity contribution is 5.89. The molecule has 6 nitrogen and oxygen atoms in total. The topological polar surface area (TPSA) is 95.9 Å². The second-order valence-electron chi connectivity index (χ2n) is 5.95. The standard InChI is InChI=1S/C16H19NO.C4H4O4/c1-2-4-15-11-13(5-6-14(15)3-1)12-18-16-7-9-17-10-8-16;5-3(6)1-2-4(7)8/h1-6,11,16-17H,7-10,12H2;1-2H,(H,5,6)(H,7,8). The number of ether oxygens (including phenoxy) is 1. The predicted octanol–water partition coefficient (Wildman–Crippen LogP) is 2.82. The largest absolute Gasteiger partial charge is 0.478 e. The minimum atomic E-state index is -1.26. The fourth-order valence-corrected chi connectivity index (χ4v) is 2.65. The van der Waals surface area contributed by atoms with Crippen LogP contribution in [0.4, 0.5) is 0 Å². The lowest BCUT2D eigenvalue weighted by Crippen LogP contribution is -2.32. The molecule has 3 rings (SSSR count). The number of aliphatic carboxylic acids is 2. The number of carbonyl (C=O) groups is 2. The van der Waals surface area contributed by atoms with Crippen molar-refractivity contribution in [1.29, 1.82) is 0 Å². The number of piperidine rings is 1. The maximum Gasteiger partial charge on any atom is 0.328 e. The van der Waals surface area contributed by atoms with E-state index in [4.69, 9.17) is 14.9 Å². The van der Waals surface area contributed by atoms with Crippen LogP contribution in [0.1, 0.15) is 18.4 Å². The third kappa shape index (κ3) is 7.04. The van der Waals surface area contributed by atoms with Gasteiger partial charge in [-0.2, -0.15) is 0 Å². The highest BCUT2D eigenvalue weighted by Crippen LogP contribution is 2.17. The van der Waals surface area contributed by atoms with E-state index in [0.717, 1.165) is 32.5 Å². The zero-order chi connectivity index (χ0) is 18.8. The molecule has 0 bridgehead atoms. The van der Waals surface area contributed by atoms with Gasteiger partial charge in [0.2, 0.25) is 0 Å². The number of hydrogen-bond acceptors (Lipinski definition) is 4. The Bertz CT molecular complexity index is 750. The van der Waals surface area contributed by atoms with Crippen molar-refractivity contribution < 1.29 is 24.5 Å². The summed E-state index contributed by atoms with van der Waals surface area (Å²) in [6, 6.07) is 15.0. The van der Waals surface area contributed by atoms with Gasteiger partial charge in [0, 0.05) is 12.2 Å². The van der Waals surface area contributed by atoms with Gasteiger partial charge in [-0.25, -0.2) is 9.59 Å². The lowest BCUT2D eigenvalue weighted by atomic mass is 10.1. The second kappa shape index (κ2) is 10.3. The van der Waals surface area contributed by atoms with Crippen molar-refractivity contribution in [1.82, 2.24) is 5.32 Å². The molecular formula is C20H23NO5. The third-order valence-corrected chi connectivity index (χ3v) is 3.95. The van der Waals surface area contributed by atoms with Crippen molar-refractivity contribution in [2.75, 3.05) is 13.1 Å². The zero-order valence-electron chi connectivity index (χ0n) is 14.4. The molecule has 0 aliphatic carbocycles. The number of hydrogen-bond donors (Lipinski definition) is 3. The second-order valence-corrected chi connectivity index (χ2v) is 5.95. The Hall–Kier alpha value is -2.70. The van der Waals surface area contributed by atoms with Gasteiger partial charge in [-0.05, 0) is 48.3 Å². The number of fused-ring (bicyclic) bond motifs is 1. The molecule has 1 heterocycles. The molecule has 6 heteroatoms. The molecule has 1 fully saturated rings. The van der Waals surface area contributed by atoms with E-state index < -0.39 is 11.9 Å². The Morgan fingerprint density at radius 1 is 1.00 bits per heavy atom. The van der Waals surface area contributed by atoms with Crippen LogP contribution in [0.25, 0.3) is 10.8 Å². The molecule has 0 radical (unpaired) electrons.